The van der Waals surface area contributed by atoms with Crippen LogP contribution in [0.1, 0.15) is 71.6 Å². The Balaban J connectivity index is 1.79. The molecular formula is C23H33BrN2O4. The topological polar surface area (TPSA) is 67.9 Å². The van der Waals surface area contributed by atoms with E-state index in [-0.39, 0.29) is 17.6 Å². The van der Waals surface area contributed by atoms with Gasteiger partial charge in [-0.05, 0) is 84.1 Å². The van der Waals surface area contributed by atoms with Gasteiger partial charge in [0.1, 0.15) is 11.2 Å². The van der Waals surface area contributed by atoms with E-state index in [0.29, 0.717) is 13.1 Å². The summed E-state index contributed by atoms with van der Waals surface area (Å²) in [5.41, 5.74) is 1.16. The summed E-state index contributed by atoms with van der Waals surface area (Å²) < 4.78 is 12.1. The third-order valence-corrected chi connectivity index (χ3v) is 6.14. The molecule has 30 heavy (non-hydrogen) atoms. The number of amides is 2. The van der Waals surface area contributed by atoms with E-state index in [1.54, 1.807) is 4.90 Å². The van der Waals surface area contributed by atoms with Crippen LogP contribution >= 0.6 is 15.9 Å². The van der Waals surface area contributed by atoms with Crippen molar-refractivity contribution >= 4 is 28.1 Å². The third-order valence-electron chi connectivity index (χ3n) is 5.65. The van der Waals surface area contributed by atoms with Gasteiger partial charge in [0.15, 0.2) is 0 Å². The number of piperidine rings is 1. The van der Waals surface area contributed by atoms with Crippen LogP contribution in [-0.4, -0.2) is 41.4 Å². The maximum atomic E-state index is 12.6. The number of likely N-dealkylation sites (tertiary alicyclic amines) is 1. The van der Waals surface area contributed by atoms with Gasteiger partial charge in [-0.3, -0.25) is 0 Å². The lowest BCUT2D eigenvalue weighted by Gasteiger charge is -2.43. The summed E-state index contributed by atoms with van der Waals surface area (Å²) in [6.07, 6.45) is 1.78. The van der Waals surface area contributed by atoms with Crippen LogP contribution in [0, 0.1) is 5.41 Å². The molecule has 2 aliphatic rings. The Morgan fingerprint density at radius 1 is 1.07 bits per heavy atom. The Morgan fingerprint density at radius 2 is 1.67 bits per heavy atom. The van der Waals surface area contributed by atoms with Crippen LogP contribution in [0.4, 0.5) is 9.59 Å². The Bertz CT molecular complexity index is 817. The zero-order valence-corrected chi connectivity index (χ0v) is 20.4. The molecule has 7 heteroatoms. The highest BCUT2D eigenvalue weighted by atomic mass is 79.9. The average Bonchev–Trinajstić information content (AvgIpc) is 2.85. The third kappa shape index (κ3) is 5.29. The SMILES string of the molecule is CC(C)(C)OC(=O)NC1c2cc(Br)ccc2CC12CCN(C(=O)OC(C)(C)C)CC2. The average molecular weight is 481 g/mol. The maximum absolute atomic E-state index is 12.6. The molecule has 6 nitrogen and oxygen atoms in total. The maximum Gasteiger partial charge on any atom is 0.410 e. The first kappa shape index (κ1) is 22.9. The molecule has 1 spiro atoms. The number of alkyl carbamates (subject to hydrolysis) is 1. The predicted octanol–water partition coefficient (Wildman–Crippen LogP) is 5.59. The van der Waals surface area contributed by atoms with E-state index in [1.807, 2.05) is 47.6 Å². The highest BCUT2D eigenvalue weighted by Gasteiger charge is 2.49. The number of rotatable bonds is 1. The predicted molar refractivity (Wildman–Crippen MR) is 119 cm³/mol. The first-order valence-corrected chi connectivity index (χ1v) is 11.3. The van der Waals surface area contributed by atoms with Crippen molar-refractivity contribution < 1.29 is 19.1 Å². The summed E-state index contributed by atoms with van der Waals surface area (Å²) >= 11 is 3.56. The van der Waals surface area contributed by atoms with Gasteiger partial charge in [0.05, 0.1) is 6.04 Å². The first-order chi connectivity index (χ1) is 13.8. The van der Waals surface area contributed by atoms with Gasteiger partial charge < -0.3 is 19.7 Å². The largest absolute Gasteiger partial charge is 0.444 e. The molecule has 1 aliphatic heterocycles. The van der Waals surface area contributed by atoms with Gasteiger partial charge in [0.25, 0.3) is 0 Å². The van der Waals surface area contributed by atoms with Crippen LogP contribution in [0.2, 0.25) is 0 Å². The summed E-state index contributed by atoms with van der Waals surface area (Å²) in [7, 11) is 0. The van der Waals surface area contributed by atoms with Crippen molar-refractivity contribution in [1.29, 1.82) is 0 Å². The Morgan fingerprint density at radius 3 is 2.23 bits per heavy atom. The van der Waals surface area contributed by atoms with Crippen molar-refractivity contribution in [3.8, 4) is 0 Å². The monoisotopic (exact) mass is 480 g/mol. The highest BCUT2D eigenvalue weighted by Crippen LogP contribution is 2.52. The van der Waals surface area contributed by atoms with Crippen molar-refractivity contribution in [2.45, 2.75) is 78.0 Å². The zero-order chi connectivity index (χ0) is 22.3. The highest BCUT2D eigenvalue weighted by molar-refractivity contribution is 9.10. The van der Waals surface area contributed by atoms with Crippen molar-refractivity contribution in [1.82, 2.24) is 10.2 Å². The van der Waals surface area contributed by atoms with Crippen LogP contribution in [0.5, 0.6) is 0 Å². The second kappa shape index (κ2) is 8.06. The number of carbonyl (C=O) groups excluding carboxylic acids is 2. The molecule has 0 bridgehead atoms. The van der Waals surface area contributed by atoms with Gasteiger partial charge in [-0.2, -0.15) is 0 Å². The lowest BCUT2D eigenvalue weighted by atomic mass is 9.73. The summed E-state index contributed by atoms with van der Waals surface area (Å²) in [5.74, 6) is 0. The number of carbonyl (C=O) groups is 2. The van der Waals surface area contributed by atoms with Gasteiger partial charge in [-0.15, -0.1) is 0 Å². The van der Waals surface area contributed by atoms with Gasteiger partial charge in [-0.25, -0.2) is 9.59 Å². The number of fused-ring (bicyclic) bond motifs is 1. The second-order valence-electron chi connectivity index (χ2n) is 10.4. The number of hydrogen-bond donors (Lipinski definition) is 1. The first-order valence-electron chi connectivity index (χ1n) is 10.5. The van der Waals surface area contributed by atoms with E-state index in [2.05, 4.69) is 33.4 Å². The molecule has 0 saturated carbocycles. The summed E-state index contributed by atoms with van der Waals surface area (Å²) in [6.45, 7) is 12.4. The minimum atomic E-state index is -0.559. The van der Waals surface area contributed by atoms with Crippen LogP contribution < -0.4 is 5.32 Å². The van der Waals surface area contributed by atoms with Gasteiger partial charge in [-0.1, -0.05) is 22.0 Å². The molecule has 1 saturated heterocycles. The van der Waals surface area contributed by atoms with Crippen molar-refractivity contribution in [3.05, 3.63) is 33.8 Å². The van der Waals surface area contributed by atoms with Gasteiger partial charge in [0.2, 0.25) is 0 Å². The number of nitrogens with zero attached hydrogens (tertiary/aromatic N) is 1. The summed E-state index contributed by atoms with van der Waals surface area (Å²) in [6, 6.07) is 6.10. The fourth-order valence-corrected chi connectivity index (χ4v) is 4.77. The molecule has 1 fully saturated rings. The normalized spacial score (nSPS) is 20.6. The molecule has 1 N–H and O–H groups in total. The molecule has 166 valence electrons. The van der Waals surface area contributed by atoms with Gasteiger partial charge >= 0.3 is 12.2 Å². The minimum absolute atomic E-state index is 0.140. The van der Waals surface area contributed by atoms with Gasteiger partial charge in [0, 0.05) is 23.0 Å². The van der Waals surface area contributed by atoms with E-state index >= 15 is 0 Å². The number of benzene rings is 1. The number of nitrogens with one attached hydrogen (secondary N) is 1. The molecular weight excluding hydrogens is 448 g/mol. The molecule has 1 aromatic carbocycles. The lowest BCUT2D eigenvalue weighted by molar-refractivity contribution is 0.00332. The second-order valence-corrected chi connectivity index (χ2v) is 11.3. The zero-order valence-electron chi connectivity index (χ0n) is 18.8. The fraction of sp³-hybridized carbons (Fsp3) is 0.652. The lowest BCUT2D eigenvalue weighted by Crippen LogP contribution is -2.49. The Hall–Kier alpha value is -1.76. The summed E-state index contributed by atoms with van der Waals surface area (Å²) in [5, 5.41) is 3.14. The molecule has 2 amide bonds. The molecule has 1 aromatic rings. The minimum Gasteiger partial charge on any atom is -0.444 e. The molecule has 0 aromatic heterocycles. The van der Waals surface area contributed by atoms with Crippen LogP contribution in [0.15, 0.2) is 22.7 Å². The van der Waals surface area contributed by atoms with E-state index in [0.717, 1.165) is 29.3 Å². The van der Waals surface area contributed by atoms with E-state index in [9.17, 15) is 9.59 Å². The van der Waals surface area contributed by atoms with Crippen molar-refractivity contribution in [2.75, 3.05) is 13.1 Å². The molecule has 1 unspecified atom stereocenters. The molecule has 1 aliphatic carbocycles. The van der Waals surface area contributed by atoms with Crippen LogP contribution in [-0.2, 0) is 15.9 Å². The van der Waals surface area contributed by atoms with E-state index in [4.69, 9.17) is 9.47 Å². The van der Waals surface area contributed by atoms with Crippen LogP contribution in [0.3, 0.4) is 0 Å². The van der Waals surface area contributed by atoms with E-state index in [1.165, 1.54) is 5.56 Å². The Kier molecular flexibility index (Phi) is 6.16. The van der Waals surface area contributed by atoms with Crippen molar-refractivity contribution in [2.24, 2.45) is 5.41 Å². The molecule has 3 rings (SSSR count). The molecule has 1 heterocycles. The smallest absolute Gasteiger partial charge is 0.410 e. The molecule has 1 atom stereocenters. The number of halogens is 1. The number of ether oxygens (including phenoxy) is 2. The standard InChI is InChI=1S/C23H33BrN2O4/c1-21(2,3)29-19(27)25-18-17-13-16(24)8-7-15(17)14-23(18)9-11-26(12-10-23)20(28)30-22(4,5)6/h7-8,13,18H,9-12,14H2,1-6H3,(H,25,27). The fourth-order valence-electron chi connectivity index (χ4n) is 4.39. The van der Waals surface area contributed by atoms with Crippen LogP contribution in [0.25, 0.3) is 0 Å². The van der Waals surface area contributed by atoms with E-state index < -0.39 is 17.3 Å². The summed E-state index contributed by atoms with van der Waals surface area (Å²) in [4.78, 5) is 26.9. The number of hydrogen-bond acceptors (Lipinski definition) is 4. The quantitative estimate of drug-likeness (QED) is 0.568. The van der Waals surface area contributed by atoms with Crippen molar-refractivity contribution in [3.63, 3.8) is 0 Å². The molecule has 0 radical (unpaired) electrons. The Labute approximate surface area is 187 Å².